The van der Waals surface area contributed by atoms with Crippen molar-refractivity contribution in [2.24, 2.45) is 0 Å². The quantitative estimate of drug-likeness (QED) is 0.649. The third-order valence-corrected chi connectivity index (χ3v) is 5.92. The molecule has 1 atom stereocenters. The van der Waals surface area contributed by atoms with Crippen molar-refractivity contribution < 1.29 is 0 Å². The number of aryl methyl sites for hydroxylation is 1. The van der Waals surface area contributed by atoms with E-state index in [0.29, 0.717) is 0 Å². The fourth-order valence-electron chi connectivity index (χ4n) is 2.85. The molecule has 0 saturated carbocycles. The molecule has 0 aliphatic carbocycles. The zero-order valence-corrected chi connectivity index (χ0v) is 14.4. The molecule has 2 aromatic carbocycles. The summed E-state index contributed by atoms with van der Waals surface area (Å²) in [7, 11) is -0.0944. The van der Waals surface area contributed by atoms with Gasteiger partial charge in [-0.25, -0.2) is 4.98 Å². The number of hydrogen-bond donors (Lipinski definition) is 0. The highest BCUT2D eigenvalue weighted by Gasteiger charge is 2.21. The van der Waals surface area contributed by atoms with E-state index in [1.165, 1.54) is 16.3 Å². The number of anilines is 1. The number of allylic oxidation sites excluding steroid dienone is 2. The Morgan fingerprint density at radius 1 is 0.958 bits per heavy atom. The topological polar surface area (TPSA) is 21.1 Å². The van der Waals surface area contributed by atoms with E-state index in [9.17, 15) is 0 Å². The molecular weight excluding hydrogens is 314 g/mol. The van der Waals surface area contributed by atoms with Gasteiger partial charge in [-0.1, -0.05) is 47.1 Å². The first kappa shape index (κ1) is 15.0. The molecule has 2 heterocycles. The monoisotopic (exact) mass is 333 g/mol. The molecule has 1 aliphatic heterocycles. The van der Waals surface area contributed by atoms with Gasteiger partial charge in [-0.05, 0) is 42.6 Å². The van der Waals surface area contributed by atoms with Crippen molar-refractivity contribution in [1.29, 1.82) is 0 Å². The summed E-state index contributed by atoms with van der Waals surface area (Å²) in [6.45, 7) is 2.84. The summed E-state index contributed by atoms with van der Waals surface area (Å²) in [6, 6.07) is 21.3. The average Bonchev–Trinajstić information content (AvgIpc) is 3.23. The Labute approximate surface area is 145 Å². The Morgan fingerprint density at radius 3 is 2.33 bits per heavy atom. The van der Waals surface area contributed by atoms with E-state index in [1.54, 1.807) is 0 Å². The van der Waals surface area contributed by atoms with Gasteiger partial charge in [0.2, 0.25) is 0 Å². The maximum atomic E-state index is 4.34. The third-order valence-electron chi connectivity index (χ3n) is 3.93. The van der Waals surface area contributed by atoms with Crippen molar-refractivity contribution in [2.75, 3.05) is 4.31 Å². The summed E-state index contributed by atoms with van der Waals surface area (Å²) in [5, 5.41) is 2.31. The number of benzene rings is 2. The lowest BCUT2D eigenvalue weighted by Gasteiger charge is -2.27. The van der Waals surface area contributed by atoms with Crippen LogP contribution in [0.2, 0.25) is 0 Å². The first-order valence-corrected chi connectivity index (χ1v) is 9.21. The molecule has 1 unspecified atom stereocenters. The van der Waals surface area contributed by atoms with E-state index in [4.69, 9.17) is 0 Å². The standard InChI is InChI=1S/C20H19N3S/c1-17-14-22(16-21-17)15-19-12-13-24(20-10-6-3-7-11-20)23(19)18-8-4-2-5-9-18/h2-14,16H,15H2,1H3. The zero-order valence-electron chi connectivity index (χ0n) is 13.5. The van der Waals surface area contributed by atoms with Crippen LogP contribution in [0.4, 0.5) is 5.69 Å². The lowest BCUT2D eigenvalue weighted by atomic mass is 10.3. The van der Waals surface area contributed by atoms with E-state index < -0.39 is 0 Å². The molecule has 1 aliphatic rings. The number of aromatic nitrogens is 2. The molecule has 0 amide bonds. The molecule has 120 valence electrons. The molecule has 0 radical (unpaired) electrons. The minimum Gasteiger partial charge on any atom is -0.331 e. The van der Waals surface area contributed by atoms with Crippen LogP contribution >= 0.6 is 10.7 Å². The van der Waals surface area contributed by atoms with Crippen LogP contribution in [-0.4, -0.2) is 14.9 Å². The van der Waals surface area contributed by atoms with Gasteiger partial charge in [0.15, 0.2) is 0 Å². The van der Waals surface area contributed by atoms with Gasteiger partial charge in [-0.2, -0.15) is 0 Å². The van der Waals surface area contributed by atoms with Crippen molar-refractivity contribution >= 4 is 21.7 Å². The third kappa shape index (κ3) is 2.93. The summed E-state index contributed by atoms with van der Waals surface area (Å²) in [6.07, 6.45) is 6.24. The average molecular weight is 333 g/mol. The van der Waals surface area contributed by atoms with Gasteiger partial charge in [0.1, 0.15) is 0 Å². The van der Waals surface area contributed by atoms with Crippen LogP contribution in [0.25, 0.3) is 0 Å². The van der Waals surface area contributed by atoms with Crippen LogP contribution in [0.15, 0.2) is 89.9 Å². The van der Waals surface area contributed by atoms with Crippen LogP contribution in [0, 0.1) is 6.92 Å². The lowest BCUT2D eigenvalue weighted by Crippen LogP contribution is -2.17. The predicted octanol–water partition coefficient (Wildman–Crippen LogP) is 4.64. The Bertz CT molecular complexity index is 895. The predicted molar refractivity (Wildman–Crippen MR) is 102 cm³/mol. The highest BCUT2D eigenvalue weighted by atomic mass is 32.2. The van der Waals surface area contributed by atoms with Crippen molar-refractivity contribution in [3.8, 4) is 0 Å². The summed E-state index contributed by atoms with van der Waals surface area (Å²) in [4.78, 5) is 5.67. The fraction of sp³-hybridized carbons (Fsp3) is 0.100. The van der Waals surface area contributed by atoms with E-state index in [1.807, 2.05) is 13.3 Å². The Morgan fingerprint density at radius 2 is 1.67 bits per heavy atom. The zero-order chi connectivity index (χ0) is 16.4. The number of rotatable bonds is 4. The molecule has 24 heavy (non-hydrogen) atoms. The first-order valence-electron chi connectivity index (χ1n) is 7.97. The van der Waals surface area contributed by atoms with Gasteiger partial charge >= 0.3 is 0 Å². The Kier molecular flexibility index (Phi) is 4.05. The summed E-state index contributed by atoms with van der Waals surface area (Å²) in [5.41, 5.74) is 3.55. The molecule has 1 aromatic heterocycles. The van der Waals surface area contributed by atoms with Crippen molar-refractivity contribution in [1.82, 2.24) is 9.55 Å². The van der Waals surface area contributed by atoms with E-state index >= 15 is 0 Å². The van der Waals surface area contributed by atoms with Crippen molar-refractivity contribution in [3.63, 3.8) is 0 Å². The molecular formula is C20H19N3S. The smallest absolute Gasteiger partial charge is 0.0952 e. The minimum atomic E-state index is -0.0944. The van der Waals surface area contributed by atoms with Gasteiger partial charge in [0.25, 0.3) is 0 Å². The maximum absolute atomic E-state index is 4.34. The SMILES string of the molecule is Cc1cn(CC2=CC=S(c3ccccc3)N2c2ccccc2)cn1. The van der Waals surface area contributed by atoms with Gasteiger partial charge in [-0.3, -0.25) is 4.31 Å². The second-order valence-electron chi connectivity index (χ2n) is 5.74. The molecule has 0 saturated heterocycles. The van der Waals surface area contributed by atoms with Crippen LogP contribution in [0.3, 0.4) is 0 Å². The van der Waals surface area contributed by atoms with Crippen LogP contribution in [-0.2, 0) is 6.54 Å². The van der Waals surface area contributed by atoms with Gasteiger partial charge in [0, 0.05) is 11.1 Å². The molecule has 0 N–H and O–H groups in total. The highest BCUT2D eigenvalue weighted by Crippen LogP contribution is 2.41. The van der Waals surface area contributed by atoms with Crippen LogP contribution < -0.4 is 4.31 Å². The number of para-hydroxylation sites is 1. The van der Waals surface area contributed by atoms with Gasteiger partial charge < -0.3 is 4.57 Å². The number of nitrogens with zero attached hydrogens (tertiary/aromatic N) is 3. The van der Waals surface area contributed by atoms with Crippen LogP contribution in [0.5, 0.6) is 0 Å². The molecule has 3 aromatic rings. The molecule has 0 bridgehead atoms. The van der Waals surface area contributed by atoms with Gasteiger partial charge in [0.05, 0.1) is 30.0 Å². The van der Waals surface area contributed by atoms with E-state index in [2.05, 4.69) is 92.2 Å². The fourth-order valence-corrected chi connectivity index (χ4v) is 4.78. The van der Waals surface area contributed by atoms with Crippen molar-refractivity contribution in [3.05, 3.63) is 90.7 Å². The highest BCUT2D eigenvalue weighted by molar-refractivity contribution is 8.16. The number of imidazole rings is 1. The number of hydrogen-bond acceptors (Lipinski definition) is 2. The normalized spacial score (nSPS) is 16.8. The molecule has 0 fully saturated rings. The van der Waals surface area contributed by atoms with Crippen molar-refractivity contribution in [2.45, 2.75) is 18.4 Å². The molecule has 0 spiro atoms. The van der Waals surface area contributed by atoms with E-state index in [0.717, 1.165) is 12.2 Å². The minimum absolute atomic E-state index is 0.0944. The first-order chi connectivity index (χ1) is 11.8. The Balaban J connectivity index is 1.70. The molecule has 3 nitrogen and oxygen atoms in total. The Hall–Kier alpha value is -2.59. The van der Waals surface area contributed by atoms with E-state index in [-0.39, 0.29) is 10.7 Å². The summed E-state index contributed by atoms with van der Waals surface area (Å²) < 4.78 is 4.58. The lowest BCUT2D eigenvalue weighted by molar-refractivity contribution is 0.777. The molecule has 4 heteroatoms. The summed E-state index contributed by atoms with van der Waals surface area (Å²) in [5.74, 6) is 0. The van der Waals surface area contributed by atoms with Crippen LogP contribution in [0.1, 0.15) is 5.69 Å². The largest absolute Gasteiger partial charge is 0.331 e. The maximum Gasteiger partial charge on any atom is 0.0952 e. The molecule has 4 rings (SSSR count). The van der Waals surface area contributed by atoms with Gasteiger partial charge in [-0.15, -0.1) is 0 Å². The second-order valence-corrected chi connectivity index (χ2v) is 7.48. The second kappa shape index (κ2) is 6.49. The summed E-state index contributed by atoms with van der Waals surface area (Å²) >= 11 is 0.